The van der Waals surface area contributed by atoms with Gasteiger partial charge in [0.2, 0.25) is 11.8 Å². The van der Waals surface area contributed by atoms with E-state index in [1.807, 2.05) is 25.6 Å². The van der Waals surface area contributed by atoms with E-state index in [-0.39, 0.29) is 18.4 Å². The van der Waals surface area contributed by atoms with Crippen molar-refractivity contribution in [3.05, 3.63) is 53.6 Å². The highest BCUT2D eigenvalue weighted by Gasteiger charge is 2.12. The fraction of sp³-hybridized carbons (Fsp3) is 0.333. The van der Waals surface area contributed by atoms with E-state index < -0.39 is 0 Å². The molecule has 3 rings (SSSR count). The molecule has 2 aromatic heterocycles. The third-order valence-corrected chi connectivity index (χ3v) is 4.86. The Morgan fingerprint density at radius 3 is 2.40 bits per heavy atom. The lowest BCUT2D eigenvalue weighted by Crippen LogP contribution is -2.19. The van der Waals surface area contributed by atoms with Gasteiger partial charge in [-0.2, -0.15) is 10.2 Å². The number of aryl methyl sites for hydroxylation is 2. The Hall–Kier alpha value is -3.62. The fourth-order valence-corrected chi connectivity index (χ4v) is 3.18. The first-order valence-electron chi connectivity index (χ1n) is 9.61. The van der Waals surface area contributed by atoms with Crippen LogP contribution in [0.15, 0.2) is 36.7 Å². The van der Waals surface area contributed by atoms with Crippen molar-refractivity contribution in [3.63, 3.8) is 0 Å². The van der Waals surface area contributed by atoms with Crippen molar-refractivity contribution in [1.29, 1.82) is 0 Å². The van der Waals surface area contributed by atoms with Crippen LogP contribution in [-0.4, -0.2) is 38.5 Å². The summed E-state index contributed by atoms with van der Waals surface area (Å²) < 4.78 is 8.39. The lowest BCUT2D eigenvalue weighted by molar-refractivity contribution is -0.117. The Kier molecular flexibility index (Phi) is 6.51. The third-order valence-electron chi connectivity index (χ3n) is 4.86. The molecule has 0 saturated carbocycles. The van der Waals surface area contributed by atoms with Gasteiger partial charge < -0.3 is 15.4 Å². The number of amides is 2. The zero-order chi connectivity index (χ0) is 21.7. The van der Waals surface area contributed by atoms with Crippen LogP contribution in [0.25, 0.3) is 0 Å². The molecule has 0 spiro atoms. The van der Waals surface area contributed by atoms with Crippen LogP contribution in [0.5, 0.6) is 5.75 Å². The molecule has 0 aliphatic rings. The number of nitrogens with one attached hydrogen (secondary N) is 2. The number of aromatic nitrogens is 4. The lowest BCUT2D eigenvalue weighted by Gasteiger charge is -2.06. The van der Waals surface area contributed by atoms with Crippen LogP contribution in [0.3, 0.4) is 0 Å². The second-order valence-corrected chi connectivity index (χ2v) is 7.02. The van der Waals surface area contributed by atoms with E-state index in [0.29, 0.717) is 30.0 Å². The van der Waals surface area contributed by atoms with Gasteiger partial charge in [-0.3, -0.25) is 19.0 Å². The van der Waals surface area contributed by atoms with Crippen LogP contribution in [0, 0.1) is 13.8 Å². The molecule has 3 aromatic rings. The van der Waals surface area contributed by atoms with Gasteiger partial charge in [-0.25, -0.2) is 0 Å². The number of hydrogen-bond acceptors (Lipinski definition) is 5. The molecule has 9 nitrogen and oxygen atoms in total. The lowest BCUT2D eigenvalue weighted by atomic mass is 10.1. The Morgan fingerprint density at radius 2 is 1.77 bits per heavy atom. The molecule has 1 aromatic carbocycles. The normalized spacial score (nSPS) is 10.7. The predicted molar refractivity (Wildman–Crippen MR) is 113 cm³/mol. The van der Waals surface area contributed by atoms with Crippen LogP contribution >= 0.6 is 0 Å². The summed E-state index contributed by atoms with van der Waals surface area (Å²) in [6.45, 7) is 3.98. The minimum absolute atomic E-state index is 0.0377. The monoisotopic (exact) mass is 410 g/mol. The molecule has 0 radical (unpaired) electrons. The Morgan fingerprint density at radius 1 is 1.07 bits per heavy atom. The van der Waals surface area contributed by atoms with Crippen LogP contribution in [0.4, 0.5) is 11.4 Å². The molecule has 0 saturated heterocycles. The van der Waals surface area contributed by atoms with Gasteiger partial charge in [0.15, 0.2) is 0 Å². The summed E-state index contributed by atoms with van der Waals surface area (Å²) in [5, 5.41) is 14.1. The minimum Gasteiger partial charge on any atom is -0.497 e. The predicted octanol–water partition coefficient (Wildman–Crippen LogP) is 2.45. The number of benzene rings is 1. The molecule has 158 valence electrons. The summed E-state index contributed by atoms with van der Waals surface area (Å²) >= 11 is 0. The molecule has 0 bridgehead atoms. The first-order chi connectivity index (χ1) is 14.4. The maximum atomic E-state index is 12.3. The smallest absolute Gasteiger partial charge is 0.246 e. The molecule has 2 N–H and O–H groups in total. The number of anilines is 2. The maximum Gasteiger partial charge on any atom is 0.246 e. The van der Waals surface area contributed by atoms with Gasteiger partial charge in [0.1, 0.15) is 12.3 Å². The van der Waals surface area contributed by atoms with Crippen molar-refractivity contribution < 1.29 is 14.3 Å². The highest BCUT2D eigenvalue weighted by Crippen LogP contribution is 2.16. The van der Waals surface area contributed by atoms with Gasteiger partial charge >= 0.3 is 0 Å². The van der Waals surface area contributed by atoms with Crippen LogP contribution < -0.4 is 15.4 Å². The number of methoxy groups -OCH3 is 1. The quantitative estimate of drug-likeness (QED) is 0.594. The summed E-state index contributed by atoms with van der Waals surface area (Å²) in [5.74, 6) is 0.387. The average Bonchev–Trinajstić information content (AvgIpc) is 3.24. The molecule has 0 fully saturated rings. The zero-order valence-corrected chi connectivity index (χ0v) is 17.6. The SMILES string of the molecule is COc1ccc(NC(=O)Cn2cc(NC(=O)CCc3c(C)nn(C)c3C)cn2)cc1. The summed E-state index contributed by atoms with van der Waals surface area (Å²) in [6.07, 6.45) is 4.12. The molecular weight excluding hydrogens is 384 g/mol. The molecule has 2 heterocycles. The maximum absolute atomic E-state index is 12.3. The van der Waals surface area contributed by atoms with Crippen molar-refractivity contribution in [2.24, 2.45) is 7.05 Å². The molecule has 2 amide bonds. The van der Waals surface area contributed by atoms with E-state index in [9.17, 15) is 9.59 Å². The van der Waals surface area contributed by atoms with Crippen molar-refractivity contribution in [2.75, 3.05) is 17.7 Å². The minimum atomic E-state index is -0.219. The summed E-state index contributed by atoms with van der Waals surface area (Å²) in [5.41, 5.74) is 4.33. The van der Waals surface area contributed by atoms with Gasteiger partial charge in [0, 0.05) is 31.0 Å². The molecule has 9 heteroatoms. The topological polar surface area (TPSA) is 103 Å². The van der Waals surface area contributed by atoms with Crippen LogP contribution in [-0.2, 0) is 29.6 Å². The van der Waals surface area contributed by atoms with Crippen molar-refractivity contribution in [1.82, 2.24) is 19.6 Å². The van der Waals surface area contributed by atoms with Gasteiger partial charge in [0.05, 0.1) is 24.7 Å². The molecular formula is C21H26N6O3. The number of rotatable bonds is 8. The highest BCUT2D eigenvalue weighted by molar-refractivity contribution is 5.91. The molecule has 0 unspecified atom stereocenters. The Balaban J connectivity index is 1.49. The number of ether oxygens (including phenoxy) is 1. The second kappa shape index (κ2) is 9.25. The molecule has 0 aliphatic heterocycles. The van der Waals surface area contributed by atoms with E-state index >= 15 is 0 Å². The first kappa shape index (κ1) is 21.1. The van der Waals surface area contributed by atoms with Gasteiger partial charge in [-0.15, -0.1) is 0 Å². The van der Waals surface area contributed by atoms with E-state index in [1.54, 1.807) is 37.6 Å². The van der Waals surface area contributed by atoms with Crippen molar-refractivity contribution in [2.45, 2.75) is 33.2 Å². The van der Waals surface area contributed by atoms with E-state index in [1.165, 1.54) is 10.9 Å². The standard InChI is InChI=1S/C21H26N6O3/c1-14-19(15(2)26(3)25-14)9-10-20(28)24-17-11-22-27(12-17)13-21(29)23-16-5-7-18(30-4)8-6-16/h5-8,11-12H,9-10,13H2,1-4H3,(H,23,29)(H,24,28). The van der Waals surface area contributed by atoms with Crippen molar-refractivity contribution in [3.8, 4) is 5.75 Å². The largest absolute Gasteiger partial charge is 0.497 e. The first-order valence-corrected chi connectivity index (χ1v) is 9.61. The number of carbonyl (C=O) groups is 2. The van der Waals surface area contributed by atoms with E-state index in [4.69, 9.17) is 4.74 Å². The van der Waals surface area contributed by atoms with E-state index in [2.05, 4.69) is 20.8 Å². The second-order valence-electron chi connectivity index (χ2n) is 7.02. The number of carbonyl (C=O) groups excluding carboxylic acids is 2. The van der Waals surface area contributed by atoms with Crippen LogP contribution in [0.1, 0.15) is 23.4 Å². The summed E-state index contributed by atoms with van der Waals surface area (Å²) in [7, 11) is 3.48. The van der Waals surface area contributed by atoms with E-state index in [0.717, 1.165) is 17.0 Å². The fourth-order valence-electron chi connectivity index (χ4n) is 3.18. The molecule has 0 aliphatic carbocycles. The molecule has 0 atom stereocenters. The number of hydrogen-bond donors (Lipinski definition) is 2. The van der Waals surface area contributed by atoms with Gasteiger partial charge in [0.25, 0.3) is 0 Å². The molecule has 30 heavy (non-hydrogen) atoms. The Bertz CT molecular complexity index is 1040. The average molecular weight is 410 g/mol. The van der Waals surface area contributed by atoms with Crippen molar-refractivity contribution >= 4 is 23.2 Å². The Labute approximate surface area is 175 Å². The van der Waals surface area contributed by atoms with Gasteiger partial charge in [-0.1, -0.05) is 0 Å². The van der Waals surface area contributed by atoms with Crippen LogP contribution in [0.2, 0.25) is 0 Å². The third kappa shape index (κ3) is 5.25. The zero-order valence-electron chi connectivity index (χ0n) is 17.6. The number of nitrogens with zero attached hydrogens (tertiary/aromatic N) is 4. The summed E-state index contributed by atoms with van der Waals surface area (Å²) in [4.78, 5) is 24.5. The summed E-state index contributed by atoms with van der Waals surface area (Å²) in [6, 6.07) is 7.06. The van der Waals surface area contributed by atoms with Gasteiger partial charge in [-0.05, 0) is 50.1 Å². The highest BCUT2D eigenvalue weighted by atomic mass is 16.5.